The maximum Gasteiger partial charge on any atom is 0.312 e. The van der Waals surface area contributed by atoms with Crippen molar-refractivity contribution < 1.29 is 29.0 Å². The minimum atomic E-state index is -1.12. The van der Waals surface area contributed by atoms with E-state index in [1.165, 1.54) is 0 Å². The monoisotopic (exact) mass is 540 g/mol. The molecule has 1 aliphatic carbocycles. The second-order valence-electron chi connectivity index (χ2n) is 9.98. The fourth-order valence-corrected chi connectivity index (χ4v) is 7.71. The fraction of sp³-hybridized carbons (Fsp3) is 0.800. The molecule has 8 nitrogen and oxygen atoms in total. The lowest BCUT2D eigenvalue weighted by Gasteiger charge is -2.42. The van der Waals surface area contributed by atoms with Crippen LogP contribution >= 0.6 is 15.9 Å². The average molecular weight is 541 g/mol. The molecule has 0 aromatic carbocycles. The molecule has 1 spiro atoms. The van der Waals surface area contributed by atoms with Gasteiger partial charge in [-0.3, -0.25) is 14.4 Å². The van der Waals surface area contributed by atoms with Crippen LogP contribution in [0.4, 0.5) is 0 Å². The Hall–Kier alpha value is -1.45. The number of rotatable bonds is 9. The summed E-state index contributed by atoms with van der Waals surface area (Å²) in [6.45, 7) is 7.83. The largest absolute Gasteiger partial charge is 0.466 e. The maximum absolute atomic E-state index is 14.4. The maximum atomic E-state index is 14.4. The van der Waals surface area contributed by atoms with Crippen LogP contribution in [0.5, 0.6) is 0 Å². The van der Waals surface area contributed by atoms with E-state index in [2.05, 4.69) is 22.5 Å². The molecular weight excluding hydrogens is 504 g/mol. The Balaban J connectivity index is 1.78. The topological polar surface area (TPSA) is 96.4 Å². The Morgan fingerprint density at radius 2 is 2.06 bits per heavy atom. The summed E-state index contributed by atoms with van der Waals surface area (Å²) >= 11 is 3.67. The highest BCUT2D eigenvalue weighted by Crippen LogP contribution is 2.60. The molecule has 1 unspecified atom stereocenters. The second kappa shape index (κ2) is 10.3. The van der Waals surface area contributed by atoms with Gasteiger partial charge in [-0.25, -0.2) is 0 Å². The Bertz CT molecular complexity index is 813. The van der Waals surface area contributed by atoms with E-state index in [1.807, 2.05) is 11.8 Å². The number of carbonyl (C=O) groups is 3. The van der Waals surface area contributed by atoms with Gasteiger partial charge in [-0.2, -0.15) is 0 Å². The van der Waals surface area contributed by atoms with Crippen LogP contribution in [-0.4, -0.2) is 87.1 Å². The molecule has 3 aliphatic heterocycles. The number of nitrogens with zero attached hydrogens (tertiary/aromatic N) is 2. The van der Waals surface area contributed by atoms with Crippen LogP contribution in [0.25, 0.3) is 0 Å². The van der Waals surface area contributed by atoms with E-state index in [9.17, 15) is 19.5 Å². The standard InChI is InChI=1S/C25H37BrN2O6/c1-4-12-27(16-10-8-7-9-11-16)23(31)21-25-13-17(26)20(34-25)18(24(32)33-6-3)19(25)22(30)28(21)15(5-2)14-29/h4,15-21,29H,1,5-14H2,2-3H3/t15-,17?,18-,19+,20-,21-,25+/m0/s1. The molecule has 2 amide bonds. The Labute approximate surface area is 210 Å². The molecular formula is C25H37BrN2O6. The smallest absolute Gasteiger partial charge is 0.312 e. The minimum Gasteiger partial charge on any atom is -0.466 e. The van der Waals surface area contributed by atoms with Crippen LogP contribution in [0.3, 0.4) is 0 Å². The third-order valence-electron chi connectivity index (χ3n) is 8.22. The van der Waals surface area contributed by atoms with Gasteiger partial charge in [-0.05, 0) is 32.6 Å². The van der Waals surface area contributed by atoms with Crippen molar-refractivity contribution in [2.75, 3.05) is 19.8 Å². The first-order valence-electron chi connectivity index (χ1n) is 12.7. The molecule has 0 radical (unpaired) electrons. The summed E-state index contributed by atoms with van der Waals surface area (Å²) < 4.78 is 11.8. The Morgan fingerprint density at radius 1 is 1.35 bits per heavy atom. The lowest BCUT2D eigenvalue weighted by atomic mass is 9.70. The fourth-order valence-electron chi connectivity index (χ4n) is 6.77. The van der Waals surface area contributed by atoms with Gasteiger partial charge in [-0.15, -0.1) is 6.58 Å². The summed E-state index contributed by atoms with van der Waals surface area (Å²) in [7, 11) is 0. The normalized spacial score (nSPS) is 35.8. The number of aliphatic hydroxyl groups excluding tert-OH is 1. The quantitative estimate of drug-likeness (QED) is 0.274. The zero-order valence-corrected chi connectivity index (χ0v) is 21.7. The van der Waals surface area contributed by atoms with E-state index in [-0.39, 0.29) is 35.9 Å². The number of amides is 2. The number of aliphatic hydroxyl groups is 1. The predicted molar refractivity (Wildman–Crippen MR) is 129 cm³/mol. The Kier molecular flexibility index (Phi) is 7.74. The number of halogens is 1. The zero-order valence-electron chi connectivity index (χ0n) is 20.2. The van der Waals surface area contributed by atoms with E-state index in [0.717, 1.165) is 32.1 Å². The van der Waals surface area contributed by atoms with Gasteiger partial charge in [-0.1, -0.05) is 48.2 Å². The van der Waals surface area contributed by atoms with Crippen molar-refractivity contribution in [3.63, 3.8) is 0 Å². The van der Waals surface area contributed by atoms with Gasteiger partial charge < -0.3 is 24.4 Å². The van der Waals surface area contributed by atoms with Crippen LogP contribution in [0.2, 0.25) is 0 Å². The number of fused-ring (bicyclic) bond motifs is 1. The molecule has 1 saturated carbocycles. The van der Waals surface area contributed by atoms with E-state index >= 15 is 0 Å². The second-order valence-corrected chi connectivity index (χ2v) is 11.2. The number of hydrogen-bond acceptors (Lipinski definition) is 6. The van der Waals surface area contributed by atoms with Crippen molar-refractivity contribution in [3.8, 4) is 0 Å². The van der Waals surface area contributed by atoms with Crippen molar-refractivity contribution in [2.45, 2.75) is 93.5 Å². The average Bonchev–Trinajstić information content (AvgIpc) is 3.42. The first-order valence-corrected chi connectivity index (χ1v) is 13.6. The van der Waals surface area contributed by atoms with Crippen LogP contribution < -0.4 is 0 Å². The molecule has 0 aromatic heterocycles. The van der Waals surface area contributed by atoms with Crippen molar-refractivity contribution in [1.29, 1.82) is 0 Å². The van der Waals surface area contributed by atoms with Crippen LogP contribution in [-0.2, 0) is 23.9 Å². The third-order valence-corrected chi connectivity index (χ3v) is 9.06. The van der Waals surface area contributed by atoms with Gasteiger partial charge in [0.25, 0.3) is 0 Å². The van der Waals surface area contributed by atoms with Gasteiger partial charge in [0.2, 0.25) is 11.8 Å². The summed E-state index contributed by atoms with van der Waals surface area (Å²) in [5.41, 5.74) is -1.12. The SMILES string of the molecule is C=CCN(C(=O)[C@@H]1N([C@@H](CC)CO)C(=O)[C@H]2[C@H](C(=O)OCC)[C@H]3O[C@@]12CC3Br)C1CCCCC1. The molecule has 2 bridgehead atoms. The molecule has 7 atom stereocenters. The first-order chi connectivity index (χ1) is 16.4. The third kappa shape index (κ3) is 3.91. The van der Waals surface area contributed by atoms with E-state index in [4.69, 9.17) is 9.47 Å². The molecule has 4 fully saturated rings. The molecule has 4 rings (SSSR count). The summed E-state index contributed by atoms with van der Waals surface area (Å²) in [6.07, 6.45) is 7.27. The highest BCUT2D eigenvalue weighted by Gasteiger charge is 2.77. The van der Waals surface area contributed by atoms with Crippen molar-refractivity contribution >= 4 is 33.7 Å². The van der Waals surface area contributed by atoms with E-state index in [1.54, 1.807) is 17.9 Å². The molecule has 9 heteroatoms. The summed E-state index contributed by atoms with van der Waals surface area (Å²) in [6, 6.07) is -1.34. The van der Waals surface area contributed by atoms with Crippen molar-refractivity contribution in [3.05, 3.63) is 12.7 Å². The number of hydrogen-bond donors (Lipinski definition) is 1. The number of ether oxygens (including phenoxy) is 2. The van der Waals surface area contributed by atoms with Crippen LogP contribution in [0.1, 0.15) is 58.8 Å². The van der Waals surface area contributed by atoms with E-state index in [0.29, 0.717) is 19.4 Å². The number of esters is 1. The predicted octanol–water partition coefficient (Wildman–Crippen LogP) is 2.42. The molecule has 34 heavy (non-hydrogen) atoms. The number of carbonyl (C=O) groups excluding carboxylic acids is 3. The lowest BCUT2D eigenvalue weighted by Crippen LogP contribution is -2.60. The van der Waals surface area contributed by atoms with Gasteiger partial charge in [0.15, 0.2) is 0 Å². The lowest BCUT2D eigenvalue weighted by molar-refractivity contribution is -0.156. The number of likely N-dealkylation sites (tertiary alicyclic amines) is 1. The van der Waals surface area contributed by atoms with Crippen LogP contribution in [0.15, 0.2) is 12.7 Å². The van der Waals surface area contributed by atoms with Gasteiger partial charge in [0.1, 0.15) is 11.6 Å². The van der Waals surface area contributed by atoms with Crippen molar-refractivity contribution in [2.24, 2.45) is 11.8 Å². The van der Waals surface area contributed by atoms with Crippen molar-refractivity contribution in [1.82, 2.24) is 9.80 Å². The molecule has 0 aromatic rings. The highest BCUT2D eigenvalue weighted by atomic mass is 79.9. The summed E-state index contributed by atoms with van der Waals surface area (Å²) in [4.78, 5) is 44.5. The minimum absolute atomic E-state index is 0.0834. The number of alkyl halides is 1. The molecule has 190 valence electrons. The van der Waals surface area contributed by atoms with Gasteiger partial charge >= 0.3 is 5.97 Å². The molecule has 3 saturated heterocycles. The van der Waals surface area contributed by atoms with Gasteiger partial charge in [0, 0.05) is 17.4 Å². The zero-order chi connectivity index (χ0) is 24.6. The van der Waals surface area contributed by atoms with E-state index < -0.39 is 41.6 Å². The highest BCUT2D eigenvalue weighted by molar-refractivity contribution is 9.09. The molecule has 4 aliphatic rings. The summed E-state index contributed by atoms with van der Waals surface area (Å²) in [5, 5.41) is 10.2. The molecule has 1 N–H and O–H groups in total. The summed E-state index contributed by atoms with van der Waals surface area (Å²) in [5.74, 6) is -2.49. The van der Waals surface area contributed by atoms with Crippen LogP contribution in [0, 0.1) is 11.8 Å². The first kappa shape index (κ1) is 25.6. The van der Waals surface area contributed by atoms with Gasteiger partial charge in [0.05, 0.1) is 37.2 Å². The Morgan fingerprint density at radius 3 is 2.65 bits per heavy atom. The molecule has 3 heterocycles.